The number of nitrogens with two attached hydrogens (primary N) is 1. The Kier molecular flexibility index (Phi) is 3.67. The molecule has 0 amide bonds. The predicted molar refractivity (Wildman–Crippen MR) is 57.8 cm³/mol. The van der Waals surface area contributed by atoms with Crippen molar-refractivity contribution in [2.75, 3.05) is 0 Å². The summed E-state index contributed by atoms with van der Waals surface area (Å²) in [5.41, 5.74) is 7.70. The van der Waals surface area contributed by atoms with Gasteiger partial charge in [0.25, 0.3) is 0 Å². The Bertz CT molecular complexity index is 349. The van der Waals surface area contributed by atoms with Gasteiger partial charge in [0.05, 0.1) is 5.02 Å². The normalized spacial score (nSPS) is 12.6. The summed E-state index contributed by atoms with van der Waals surface area (Å²) in [5, 5.41) is 0.111. The first-order valence-corrected chi connectivity index (χ1v) is 4.73. The summed E-state index contributed by atoms with van der Waals surface area (Å²) in [6.07, 6.45) is 0.683. The second-order valence-corrected chi connectivity index (χ2v) is 3.85. The average Bonchev–Trinajstić information content (AvgIpc) is 2.08. The van der Waals surface area contributed by atoms with E-state index in [9.17, 15) is 4.39 Å². The summed E-state index contributed by atoms with van der Waals surface area (Å²) in [7, 11) is 0. The van der Waals surface area contributed by atoms with E-state index in [1.54, 1.807) is 12.1 Å². The molecule has 0 aromatic heterocycles. The maximum absolute atomic E-state index is 12.8. The largest absolute Gasteiger partial charge is 0.324 e. The van der Waals surface area contributed by atoms with Gasteiger partial charge in [-0.25, -0.2) is 4.39 Å². The highest BCUT2D eigenvalue weighted by Crippen LogP contribution is 2.22. The first-order valence-electron chi connectivity index (χ1n) is 4.35. The molecule has 1 aromatic rings. The molecular formula is C11H13ClFN. The van der Waals surface area contributed by atoms with E-state index in [0.29, 0.717) is 6.42 Å². The fraction of sp³-hybridized carbons (Fsp3) is 0.273. The molecule has 0 aliphatic rings. The molecule has 0 radical (unpaired) electrons. The molecular weight excluding hydrogens is 201 g/mol. The molecule has 76 valence electrons. The van der Waals surface area contributed by atoms with Crippen molar-refractivity contribution < 1.29 is 4.39 Å². The lowest BCUT2D eigenvalue weighted by Gasteiger charge is -2.12. The number of rotatable bonds is 3. The van der Waals surface area contributed by atoms with Gasteiger partial charge >= 0.3 is 0 Å². The molecule has 0 saturated heterocycles. The van der Waals surface area contributed by atoms with Crippen LogP contribution in [0.3, 0.4) is 0 Å². The van der Waals surface area contributed by atoms with Gasteiger partial charge in [-0.1, -0.05) is 23.2 Å². The van der Waals surface area contributed by atoms with Crippen LogP contribution in [0, 0.1) is 5.82 Å². The Morgan fingerprint density at radius 3 is 2.79 bits per heavy atom. The van der Waals surface area contributed by atoms with Crippen LogP contribution in [0.1, 0.15) is 24.9 Å². The van der Waals surface area contributed by atoms with Crippen LogP contribution in [0.25, 0.3) is 0 Å². The molecule has 0 unspecified atom stereocenters. The van der Waals surface area contributed by atoms with Gasteiger partial charge in [-0.15, -0.1) is 6.58 Å². The van der Waals surface area contributed by atoms with Crippen LogP contribution < -0.4 is 5.73 Å². The standard InChI is InChI=1S/C11H13ClFN/c1-7(2)5-11(14)8-3-4-10(13)9(12)6-8/h3-4,6,11H,1,5,14H2,2H3/t11-/m1/s1. The molecule has 0 aliphatic carbocycles. The summed E-state index contributed by atoms with van der Waals surface area (Å²) in [4.78, 5) is 0. The van der Waals surface area contributed by atoms with Gasteiger partial charge in [-0.3, -0.25) is 0 Å². The minimum Gasteiger partial charge on any atom is -0.324 e. The van der Waals surface area contributed by atoms with Crippen molar-refractivity contribution in [3.8, 4) is 0 Å². The Morgan fingerprint density at radius 2 is 2.29 bits per heavy atom. The average molecular weight is 214 g/mol. The monoisotopic (exact) mass is 213 g/mol. The Morgan fingerprint density at radius 1 is 1.64 bits per heavy atom. The minimum atomic E-state index is -0.419. The Hall–Kier alpha value is -0.860. The summed E-state index contributed by atoms with van der Waals surface area (Å²) in [6, 6.07) is 4.38. The molecule has 1 atom stereocenters. The third kappa shape index (κ3) is 2.82. The van der Waals surface area contributed by atoms with E-state index in [-0.39, 0.29) is 11.1 Å². The van der Waals surface area contributed by atoms with E-state index in [1.165, 1.54) is 6.07 Å². The third-order valence-electron chi connectivity index (χ3n) is 1.94. The van der Waals surface area contributed by atoms with Gasteiger partial charge < -0.3 is 5.73 Å². The van der Waals surface area contributed by atoms with Crippen molar-refractivity contribution in [3.05, 3.63) is 46.8 Å². The highest BCUT2D eigenvalue weighted by Gasteiger charge is 2.08. The number of benzene rings is 1. The summed E-state index contributed by atoms with van der Waals surface area (Å²) in [6.45, 7) is 5.68. The van der Waals surface area contributed by atoms with Crippen molar-refractivity contribution >= 4 is 11.6 Å². The third-order valence-corrected chi connectivity index (χ3v) is 2.23. The lowest BCUT2D eigenvalue weighted by molar-refractivity contribution is 0.625. The molecule has 1 aromatic carbocycles. The van der Waals surface area contributed by atoms with Crippen molar-refractivity contribution in [1.82, 2.24) is 0 Å². The zero-order valence-electron chi connectivity index (χ0n) is 8.06. The molecule has 1 rings (SSSR count). The predicted octanol–water partition coefficient (Wildman–Crippen LogP) is 3.45. The van der Waals surface area contributed by atoms with Crippen LogP contribution in [-0.2, 0) is 0 Å². The van der Waals surface area contributed by atoms with E-state index in [4.69, 9.17) is 17.3 Å². The maximum atomic E-state index is 12.8. The van der Waals surface area contributed by atoms with Crippen LogP contribution in [0.4, 0.5) is 4.39 Å². The zero-order chi connectivity index (χ0) is 10.7. The van der Waals surface area contributed by atoms with Crippen molar-refractivity contribution in [2.24, 2.45) is 5.73 Å². The fourth-order valence-electron chi connectivity index (χ4n) is 1.24. The molecule has 0 spiro atoms. The zero-order valence-corrected chi connectivity index (χ0v) is 8.81. The minimum absolute atomic E-state index is 0.111. The van der Waals surface area contributed by atoms with Gasteiger partial charge in [0.15, 0.2) is 0 Å². The maximum Gasteiger partial charge on any atom is 0.141 e. The van der Waals surface area contributed by atoms with Crippen molar-refractivity contribution in [2.45, 2.75) is 19.4 Å². The molecule has 0 saturated carbocycles. The molecule has 0 heterocycles. The van der Waals surface area contributed by atoms with Gasteiger partial charge in [-0.05, 0) is 31.0 Å². The van der Waals surface area contributed by atoms with Crippen LogP contribution in [0.15, 0.2) is 30.4 Å². The molecule has 2 N–H and O–H groups in total. The highest BCUT2D eigenvalue weighted by molar-refractivity contribution is 6.30. The molecule has 1 nitrogen and oxygen atoms in total. The van der Waals surface area contributed by atoms with E-state index >= 15 is 0 Å². The van der Waals surface area contributed by atoms with E-state index in [1.807, 2.05) is 6.92 Å². The topological polar surface area (TPSA) is 26.0 Å². The summed E-state index contributed by atoms with van der Waals surface area (Å²) < 4.78 is 12.8. The lowest BCUT2D eigenvalue weighted by Crippen LogP contribution is -2.10. The molecule has 0 aliphatic heterocycles. The highest BCUT2D eigenvalue weighted by atomic mass is 35.5. The van der Waals surface area contributed by atoms with E-state index in [2.05, 4.69) is 6.58 Å². The second-order valence-electron chi connectivity index (χ2n) is 3.44. The quantitative estimate of drug-likeness (QED) is 0.765. The Labute approximate surface area is 88.4 Å². The van der Waals surface area contributed by atoms with Crippen molar-refractivity contribution in [3.63, 3.8) is 0 Å². The van der Waals surface area contributed by atoms with Crippen LogP contribution in [0.5, 0.6) is 0 Å². The van der Waals surface area contributed by atoms with Crippen LogP contribution in [0.2, 0.25) is 5.02 Å². The first-order chi connectivity index (χ1) is 6.50. The van der Waals surface area contributed by atoms with E-state index in [0.717, 1.165) is 11.1 Å². The van der Waals surface area contributed by atoms with Crippen LogP contribution in [-0.4, -0.2) is 0 Å². The van der Waals surface area contributed by atoms with Crippen LogP contribution >= 0.6 is 11.6 Å². The molecule has 0 bridgehead atoms. The van der Waals surface area contributed by atoms with Gasteiger partial charge in [0.1, 0.15) is 5.82 Å². The second kappa shape index (κ2) is 4.58. The smallest absolute Gasteiger partial charge is 0.141 e. The molecule has 3 heteroatoms. The van der Waals surface area contributed by atoms with Gasteiger partial charge in [0.2, 0.25) is 0 Å². The fourth-order valence-corrected chi connectivity index (χ4v) is 1.43. The number of halogens is 2. The van der Waals surface area contributed by atoms with E-state index < -0.39 is 5.82 Å². The molecule has 14 heavy (non-hydrogen) atoms. The number of hydrogen-bond acceptors (Lipinski definition) is 1. The Balaban J connectivity index is 2.85. The molecule has 0 fully saturated rings. The SMILES string of the molecule is C=C(C)C[C@@H](N)c1ccc(F)c(Cl)c1. The van der Waals surface area contributed by atoms with Gasteiger partial charge in [0, 0.05) is 6.04 Å². The lowest BCUT2D eigenvalue weighted by atomic mass is 10.0. The first kappa shape index (κ1) is 11.2. The summed E-state index contributed by atoms with van der Waals surface area (Å²) in [5.74, 6) is -0.419. The number of hydrogen-bond donors (Lipinski definition) is 1. The van der Waals surface area contributed by atoms with Gasteiger partial charge in [-0.2, -0.15) is 0 Å². The summed E-state index contributed by atoms with van der Waals surface area (Å²) >= 11 is 5.64. The van der Waals surface area contributed by atoms with Crippen molar-refractivity contribution in [1.29, 1.82) is 0 Å².